The minimum absolute atomic E-state index is 0.505. The van der Waals surface area contributed by atoms with Crippen molar-refractivity contribution in [3.05, 3.63) is 11.6 Å². The van der Waals surface area contributed by atoms with Gasteiger partial charge in [0, 0.05) is 0 Å². The summed E-state index contributed by atoms with van der Waals surface area (Å²) in [6.45, 7) is 11.9. The van der Waals surface area contributed by atoms with Crippen molar-refractivity contribution in [3.8, 4) is 0 Å². The Kier molecular flexibility index (Phi) is 3.80. The monoisotopic (exact) mass is 194 g/mol. The fourth-order valence-electron chi connectivity index (χ4n) is 2.89. The maximum Gasteiger partial charge on any atom is -0.0156 e. The molecule has 0 heteroatoms. The molecule has 0 aliphatic heterocycles. The van der Waals surface area contributed by atoms with Crippen molar-refractivity contribution in [2.45, 2.75) is 60.3 Å². The highest BCUT2D eigenvalue weighted by molar-refractivity contribution is 5.10. The van der Waals surface area contributed by atoms with Gasteiger partial charge in [0.15, 0.2) is 0 Å². The van der Waals surface area contributed by atoms with Gasteiger partial charge in [-0.15, -0.1) is 0 Å². The maximum atomic E-state index is 2.58. The van der Waals surface area contributed by atoms with E-state index in [4.69, 9.17) is 0 Å². The van der Waals surface area contributed by atoms with Crippen LogP contribution in [0.2, 0.25) is 0 Å². The standard InChI is InChI=1S/C14H26/c1-6-12-8-7-9-14(4,5)13(10-12)11(2)3/h10-11,13H,6-9H2,1-5H3. The Morgan fingerprint density at radius 1 is 1.43 bits per heavy atom. The van der Waals surface area contributed by atoms with Gasteiger partial charge in [0.2, 0.25) is 0 Å². The first kappa shape index (κ1) is 11.8. The molecule has 0 aromatic carbocycles. The normalized spacial score (nSPS) is 27.3. The molecule has 14 heavy (non-hydrogen) atoms. The highest BCUT2D eigenvalue weighted by atomic mass is 14.4. The van der Waals surface area contributed by atoms with Crippen LogP contribution in [0.3, 0.4) is 0 Å². The first-order valence-electron chi connectivity index (χ1n) is 6.17. The van der Waals surface area contributed by atoms with Crippen molar-refractivity contribution in [3.63, 3.8) is 0 Å². The van der Waals surface area contributed by atoms with Crippen LogP contribution in [-0.2, 0) is 0 Å². The highest BCUT2D eigenvalue weighted by Crippen LogP contribution is 2.42. The zero-order chi connectivity index (χ0) is 10.8. The molecule has 1 aliphatic rings. The van der Waals surface area contributed by atoms with Crippen molar-refractivity contribution >= 4 is 0 Å². The van der Waals surface area contributed by atoms with Crippen LogP contribution in [0, 0.1) is 17.3 Å². The third-order valence-electron chi connectivity index (χ3n) is 3.81. The predicted molar refractivity (Wildman–Crippen MR) is 64.3 cm³/mol. The summed E-state index contributed by atoms with van der Waals surface area (Å²) in [5, 5.41) is 0. The van der Waals surface area contributed by atoms with E-state index in [2.05, 4.69) is 40.7 Å². The van der Waals surface area contributed by atoms with Gasteiger partial charge in [-0.25, -0.2) is 0 Å². The molecule has 0 N–H and O–H groups in total. The third-order valence-corrected chi connectivity index (χ3v) is 3.81. The average Bonchev–Trinajstić information content (AvgIpc) is 2.23. The number of hydrogen-bond donors (Lipinski definition) is 0. The van der Waals surface area contributed by atoms with Crippen molar-refractivity contribution in [1.29, 1.82) is 0 Å². The van der Waals surface area contributed by atoms with Crippen molar-refractivity contribution in [1.82, 2.24) is 0 Å². The summed E-state index contributed by atoms with van der Waals surface area (Å²) in [5.74, 6) is 1.56. The largest absolute Gasteiger partial charge is 0.0814 e. The Bertz CT molecular complexity index is 208. The van der Waals surface area contributed by atoms with Crippen LogP contribution in [0.25, 0.3) is 0 Å². The first-order valence-corrected chi connectivity index (χ1v) is 6.17. The highest BCUT2D eigenvalue weighted by Gasteiger charge is 2.31. The fraction of sp³-hybridized carbons (Fsp3) is 0.857. The van der Waals surface area contributed by atoms with E-state index in [0.29, 0.717) is 5.41 Å². The van der Waals surface area contributed by atoms with E-state index in [9.17, 15) is 0 Å². The minimum Gasteiger partial charge on any atom is -0.0814 e. The molecule has 0 saturated carbocycles. The average molecular weight is 194 g/mol. The molecule has 1 aliphatic carbocycles. The Balaban J connectivity index is 2.90. The van der Waals surface area contributed by atoms with Crippen molar-refractivity contribution in [2.75, 3.05) is 0 Å². The number of allylic oxidation sites excluding steroid dienone is 2. The van der Waals surface area contributed by atoms with Gasteiger partial charge in [0.05, 0.1) is 0 Å². The van der Waals surface area contributed by atoms with Crippen LogP contribution in [0.4, 0.5) is 0 Å². The molecule has 0 bridgehead atoms. The maximum absolute atomic E-state index is 2.58. The van der Waals surface area contributed by atoms with Crippen LogP contribution in [-0.4, -0.2) is 0 Å². The van der Waals surface area contributed by atoms with E-state index >= 15 is 0 Å². The molecule has 0 nitrogen and oxygen atoms in total. The van der Waals surface area contributed by atoms with Gasteiger partial charge in [0.25, 0.3) is 0 Å². The van der Waals surface area contributed by atoms with Gasteiger partial charge < -0.3 is 0 Å². The molecule has 1 unspecified atom stereocenters. The molecule has 0 amide bonds. The Morgan fingerprint density at radius 3 is 2.57 bits per heavy atom. The molecule has 0 aromatic heterocycles. The summed E-state index contributed by atoms with van der Waals surface area (Å²) in [6, 6.07) is 0. The zero-order valence-corrected chi connectivity index (χ0v) is 10.6. The lowest BCUT2D eigenvalue weighted by Gasteiger charge is -2.34. The van der Waals surface area contributed by atoms with Crippen LogP contribution in [0.5, 0.6) is 0 Å². The molecule has 0 saturated heterocycles. The molecule has 0 spiro atoms. The van der Waals surface area contributed by atoms with E-state index in [-0.39, 0.29) is 0 Å². The summed E-state index contributed by atoms with van der Waals surface area (Å²) in [5.41, 5.74) is 2.19. The zero-order valence-electron chi connectivity index (χ0n) is 10.6. The summed E-state index contributed by atoms with van der Waals surface area (Å²) < 4.78 is 0. The predicted octanol–water partition coefficient (Wildman–Crippen LogP) is 4.81. The Hall–Kier alpha value is -0.260. The van der Waals surface area contributed by atoms with Crippen molar-refractivity contribution < 1.29 is 0 Å². The first-order chi connectivity index (χ1) is 6.47. The van der Waals surface area contributed by atoms with Crippen LogP contribution < -0.4 is 0 Å². The van der Waals surface area contributed by atoms with E-state index < -0.39 is 0 Å². The lowest BCUT2D eigenvalue weighted by molar-refractivity contribution is 0.189. The molecule has 0 fully saturated rings. The SMILES string of the molecule is CCC1=CC(C(C)C)C(C)(C)CCC1. The van der Waals surface area contributed by atoms with Gasteiger partial charge in [-0.3, -0.25) is 0 Å². The second kappa shape index (κ2) is 4.51. The minimum atomic E-state index is 0.505. The second-order valence-electron chi connectivity index (χ2n) is 5.79. The Labute approximate surface area is 89.8 Å². The van der Waals surface area contributed by atoms with Crippen LogP contribution in [0.15, 0.2) is 11.6 Å². The molecular weight excluding hydrogens is 168 g/mol. The summed E-state index contributed by atoms with van der Waals surface area (Å²) >= 11 is 0. The summed E-state index contributed by atoms with van der Waals surface area (Å²) in [7, 11) is 0. The molecular formula is C14H26. The molecule has 82 valence electrons. The third kappa shape index (κ3) is 2.62. The Morgan fingerprint density at radius 2 is 2.07 bits per heavy atom. The summed E-state index contributed by atoms with van der Waals surface area (Å²) in [4.78, 5) is 0. The summed E-state index contributed by atoms with van der Waals surface area (Å²) in [6.07, 6.45) is 7.94. The molecule has 0 aromatic rings. The van der Waals surface area contributed by atoms with Gasteiger partial charge in [-0.2, -0.15) is 0 Å². The second-order valence-corrected chi connectivity index (χ2v) is 5.79. The van der Waals surface area contributed by atoms with E-state index in [1.807, 2.05) is 0 Å². The topological polar surface area (TPSA) is 0 Å². The van der Waals surface area contributed by atoms with Gasteiger partial charge >= 0.3 is 0 Å². The number of rotatable bonds is 2. The van der Waals surface area contributed by atoms with Gasteiger partial charge in [-0.05, 0) is 42.9 Å². The van der Waals surface area contributed by atoms with Gasteiger partial charge in [-0.1, -0.05) is 46.3 Å². The quantitative estimate of drug-likeness (QED) is 0.554. The van der Waals surface area contributed by atoms with Crippen LogP contribution in [0.1, 0.15) is 60.3 Å². The lowest BCUT2D eigenvalue weighted by Crippen LogP contribution is -2.26. The molecule has 1 atom stereocenters. The van der Waals surface area contributed by atoms with E-state index in [1.54, 1.807) is 5.57 Å². The van der Waals surface area contributed by atoms with E-state index in [0.717, 1.165) is 11.8 Å². The molecule has 0 radical (unpaired) electrons. The van der Waals surface area contributed by atoms with Crippen molar-refractivity contribution in [2.24, 2.45) is 17.3 Å². The molecule has 1 rings (SSSR count). The molecule has 0 heterocycles. The number of hydrogen-bond acceptors (Lipinski definition) is 0. The van der Waals surface area contributed by atoms with Crippen LogP contribution >= 0.6 is 0 Å². The van der Waals surface area contributed by atoms with E-state index in [1.165, 1.54) is 25.7 Å². The lowest BCUT2D eigenvalue weighted by atomic mass is 9.71. The smallest absolute Gasteiger partial charge is 0.0156 e. The van der Waals surface area contributed by atoms with Gasteiger partial charge in [0.1, 0.15) is 0 Å². The fourth-order valence-corrected chi connectivity index (χ4v) is 2.89.